The minimum absolute atomic E-state index is 0.221. The van der Waals surface area contributed by atoms with Crippen LogP contribution in [0.25, 0.3) is 22.3 Å². The van der Waals surface area contributed by atoms with Gasteiger partial charge in [-0.05, 0) is 42.0 Å². The summed E-state index contributed by atoms with van der Waals surface area (Å²) in [6.45, 7) is 2.60. The predicted octanol–water partition coefficient (Wildman–Crippen LogP) is 5.58. The highest BCUT2D eigenvalue weighted by atomic mass is 16.5. The fourth-order valence-corrected chi connectivity index (χ4v) is 4.64. The van der Waals surface area contributed by atoms with Crippen LogP contribution in [0, 0.1) is 6.92 Å². The van der Waals surface area contributed by atoms with Crippen molar-refractivity contribution in [3.8, 4) is 22.3 Å². The predicted molar refractivity (Wildman–Crippen MR) is 139 cm³/mol. The summed E-state index contributed by atoms with van der Waals surface area (Å²) in [7, 11) is 1.39. The molecule has 0 aliphatic rings. The van der Waals surface area contributed by atoms with Crippen molar-refractivity contribution in [2.24, 2.45) is 5.73 Å². The molecule has 35 heavy (non-hydrogen) atoms. The number of hydrogen-bond donors (Lipinski definition) is 1. The number of carbonyl (C=O) groups excluding carboxylic acids is 2. The molecule has 0 radical (unpaired) electrons. The second-order valence-corrected chi connectivity index (χ2v) is 8.55. The van der Waals surface area contributed by atoms with Gasteiger partial charge in [-0.15, -0.1) is 0 Å². The van der Waals surface area contributed by atoms with E-state index in [2.05, 4.69) is 41.0 Å². The number of amides is 1. The maximum Gasteiger partial charge on any atom is 0.305 e. The molecule has 1 heterocycles. The molecule has 0 atom stereocenters. The summed E-state index contributed by atoms with van der Waals surface area (Å²) in [5, 5.41) is 0. The number of benzene rings is 3. The Kier molecular flexibility index (Phi) is 7.46. The van der Waals surface area contributed by atoms with Gasteiger partial charge in [-0.1, -0.05) is 84.9 Å². The Morgan fingerprint density at radius 1 is 0.800 bits per heavy atom. The molecule has 0 aliphatic carbocycles. The van der Waals surface area contributed by atoms with Gasteiger partial charge < -0.3 is 15.0 Å². The van der Waals surface area contributed by atoms with Crippen molar-refractivity contribution in [1.82, 2.24) is 4.57 Å². The SMILES string of the molecule is COC(=O)CCc1c(-c2ccc(-c3ccccc3)cc2)c(C(N)=O)c(C)n1CCc1ccccc1. The quantitative estimate of drug-likeness (QED) is 0.327. The average Bonchev–Trinajstić information content (AvgIpc) is 3.18. The fourth-order valence-electron chi connectivity index (χ4n) is 4.64. The molecule has 0 spiro atoms. The van der Waals surface area contributed by atoms with Crippen molar-refractivity contribution in [1.29, 1.82) is 0 Å². The lowest BCUT2D eigenvalue weighted by Gasteiger charge is -2.14. The Bertz CT molecular complexity index is 1310. The first kappa shape index (κ1) is 24.0. The van der Waals surface area contributed by atoms with Gasteiger partial charge in [-0.2, -0.15) is 0 Å². The second-order valence-electron chi connectivity index (χ2n) is 8.55. The molecule has 1 aromatic heterocycles. The summed E-state index contributed by atoms with van der Waals surface area (Å²) in [5.41, 5.74) is 13.3. The van der Waals surface area contributed by atoms with Crippen molar-refractivity contribution >= 4 is 11.9 Å². The van der Waals surface area contributed by atoms with Crippen molar-refractivity contribution < 1.29 is 14.3 Å². The third kappa shape index (κ3) is 5.35. The Balaban J connectivity index is 1.79. The van der Waals surface area contributed by atoms with E-state index in [9.17, 15) is 9.59 Å². The maximum atomic E-state index is 12.7. The van der Waals surface area contributed by atoms with Crippen LogP contribution in [0.1, 0.15) is 33.7 Å². The normalized spacial score (nSPS) is 10.8. The molecule has 1 amide bonds. The molecule has 5 nitrogen and oxygen atoms in total. The molecule has 0 fully saturated rings. The van der Waals surface area contributed by atoms with Gasteiger partial charge in [0.2, 0.25) is 0 Å². The van der Waals surface area contributed by atoms with Gasteiger partial charge >= 0.3 is 5.97 Å². The summed E-state index contributed by atoms with van der Waals surface area (Å²) < 4.78 is 7.03. The highest BCUT2D eigenvalue weighted by molar-refractivity contribution is 6.02. The van der Waals surface area contributed by atoms with Crippen LogP contribution in [-0.4, -0.2) is 23.6 Å². The molecule has 4 rings (SSSR count). The number of hydrogen-bond acceptors (Lipinski definition) is 3. The van der Waals surface area contributed by atoms with E-state index in [4.69, 9.17) is 10.5 Å². The van der Waals surface area contributed by atoms with Crippen molar-refractivity contribution in [3.63, 3.8) is 0 Å². The molecule has 0 saturated heterocycles. The number of rotatable bonds is 9. The van der Waals surface area contributed by atoms with Crippen LogP contribution in [0.4, 0.5) is 0 Å². The molecule has 0 bridgehead atoms. The van der Waals surface area contributed by atoms with Crippen molar-refractivity contribution in [3.05, 3.63) is 107 Å². The molecule has 2 N–H and O–H groups in total. The number of esters is 1. The standard InChI is InChI=1S/C30H30N2O3/c1-21-28(30(31)34)29(25-15-13-24(14-16-25)23-11-7-4-8-12-23)26(17-18-27(33)35-2)32(21)20-19-22-9-5-3-6-10-22/h3-16H,17-20H2,1-2H3,(H2,31,34). The molecule has 0 unspecified atom stereocenters. The Morgan fingerprint density at radius 3 is 1.97 bits per heavy atom. The number of primary amides is 1. The third-order valence-electron chi connectivity index (χ3n) is 6.42. The summed E-state index contributed by atoms with van der Waals surface area (Å²) in [5.74, 6) is -0.758. The first-order chi connectivity index (χ1) is 17.0. The zero-order valence-corrected chi connectivity index (χ0v) is 20.2. The lowest BCUT2D eigenvalue weighted by molar-refractivity contribution is -0.140. The summed E-state index contributed by atoms with van der Waals surface area (Å²) in [6.07, 6.45) is 1.47. The number of carbonyl (C=O) groups is 2. The minimum atomic E-state index is -0.470. The van der Waals surface area contributed by atoms with Gasteiger partial charge in [-0.25, -0.2) is 0 Å². The van der Waals surface area contributed by atoms with E-state index >= 15 is 0 Å². The summed E-state index contributed by atoms with van der Waals surface area (Å²) in [4.78, 5) is 24.7. The average molecular weight is 467 g/mol. The van der Waals surface area contributed by atoms with E-state index in [0.29, 0.717) is 18.5 Å². The highest BCUT2D eigenvalue weighted by Crippen LogP contribution is 2.35. The van der Waals surface area contributed by atoms with E-state index < -0.39 is 5.91 Å². The molecule has 3 aromatic carbocycles. The van der Waals surface area contributed by atoms with Gasteiger partial charge in [0.05, 0.1) is 19.1 Å². The largest absolute Gasteiger partial charge is 0.469 e. The van der Waals surface area contributed by atoms with E-state index in [0.717, 1.165) is 40.1 Å². The van der Waals surface area contributed by atoms with Crippen LogP contribution in [0.2, 0.25) is 0 Å². The molecule has 0 aliphatic heterocycles. The smallest absolute Gasteiger partial charge is 0.305 e. The molecule has 178 valence electrons. The minimum Gasteiger partial charge on any atom is -0.469 e. The monoisotopic (exact) mass is 466 g/mol. The molecule has 5 heteroatoms. The highest BCUT2D eigenvalue weighted by Gasteiger charge is 2.25. The van der Waals surface area contributed by atoms with Crippen LogP contribution in [0.5, 0.6) is 0 Å². The lowest BCUT2D eigenvalue weighted by atomic mass is 9.95. The first-order valence-electron chi connectivity index (χ1n) is 11.8. The van der Waals surface area contributed by atoms with E-state index in [1.54, 1.807) is 0 Å². The number of nitrogens with two attached hydrogens (primary N) is 1. The van der Waals surface area contributed by atoms with Crippen LogP contribution >= 0.6 is 0 Å². The van der Waals surface area contributed by atoms with Gasteiger partial charge in [0.1, 0.15) is 0 Å². The lowest BCUT2D eigenvalue weighted by Crippen LogP contribution is -2.14. The molecule has 4 aromatic rings. The second kappa shape index (κ2) is 10.9. The third-order valence-corrected chi connectivity index (χ3v) is 6.42. The van der Waals surface area contributed by atoms with Crippen molar-refractivity contribution in [2.75, 3.05) is 7.11 Å². The Hall–Kier alpha value is -4.12. The van der Waals surface area contributed by atoms with Crippen LogP contribution in [-0.2, 0) is 28.9 Å². The number of methoxy groups -OCH3 is 1. The van der Waals surface area contributed by atoms with Gasteiger partial charge in [-0.3, -0.25) is 9.59 Å². The maximum absolute atomic E-state index is 12.7. The fraction of sp³-hybridized carbons (Fsp3) is 0.200. The molecular formula is C30H30N2O3. The number of aromatic nitrogens is 1. The number of aryl methyl sites for hydroxylation is 1. The van der Waals surface area contributed by atoms with Crippen LogP contribution < -0.4 is 5.73 Å². The van der Waals surface area contributed by atoms with E-state index in [1.165, 1.54) is 12.7 Å². The van der Waals surface area contributed by atoms with E-state index in [-0.39, 0.29) is 12.4 Å². The van der Waals surface area contributed by atoms with Crippen LogP contribution in [0.3, 0.4) is 0 Å². The zero-order valence-electron chi connectivity index (χ0n) is 20.2. The Morgan fingerprint density at radius 2 is 1.37 bits per heavy atom. The van der Waals surface area contributed by atoms with Crippen molar-refractivity contribution in [2.45, 2.75) is 32.7 Å². The topological polar surface area (TPSA) is 74.3 Å². The van der Waals surface area contributed by atoms with Gasteiger partial charge in [0, 0.05) is 23.5 Å². The number of nitrogens with zero attached hydrogens (tertiary/aromatic N) is 1. The summed E-state index contributed by atoms with van der Waals surface area (Å²) in [6, 6.07) is 28.5. The molecule has 0 saturated carbocycles. The van der Waals surface area contributed by atoms with E-state index in [1.807, 2.05) is 55.5 Å². The van der Waals surface area contributed by atoms with Gasteiger partial charge in [0.25, 0.3) is 5.91 Å². The zero-order chi connectivity index (χ0) is 24.8. The molecular weight excluding hydrogens is 436 g/mol. The van der Waals surface area contributed by atoms with Gasteiger partial charge in [0.15, 0.2) is 0 Å². The first-order valence-corrected chi connectivity index (χ1v) is 11.8. The van der Waals surface area contributed by atoms with Crippen LogP contribution in [0.15, 0.2) is 84.9 Å². The summed E-state index contributed by atoms with van der Waals surface area (Å²) >= 11 is 0. The number of ether oxygens (including phenoxy) is 1. The Labute approximate surface area is 206 Å².